The van der Waals surface area contributed by atoms with E-state index in [4.69, 9.17) is 0 Å². The zero-order valence-electron chi connectivity index (χ0n) is 6.43. The average Bonchev–Trinajstić information content (AvgIpc) is 1.89. The molecular formula is C8H16N. The first kappa shape index (κ1) is 7.07. The molecule has 1 heteroatoms. The molecule has 1 aliphatic heterocycles. The van der Waals surface area contributed by atoms with Crippen LogP contribution >= 0.6 is 0 Å². The van der Waals surface area contributed by atoms with E-state index in [9.17, 15) is 0 Å². The number of hydrogen-bond donors (Lipinski definition) is 0. The summed E-state index contributed by atoms with van der Waals surface area (Å²) in [6.45, 7) is 6.85. The van der Waals surface area contributed by atoms with Crippen LogP contribution in [0.1, 0.15) is 26.7 Å². The van der Waals surface area contributed by atoms with Crippen LogP contribution in [-0.2, 0) is 0 Å². The molecule has 2 unspecified atom stereocenters. The quantitative estimate of drug-likeness (QED) is 0.507. The summed E-state index contributed by atoms with van der Waals surface area (Å²) in [5.41, 5.74) is 0. The van der Waals surface area contributed by atoms with Crippen LogP contribution in [0.2, 0.25) is 0 Å². The lowest BCUT2D eigenvalue weighted by molar-refractivity contribution is 0.263. The van der Waals surface area contributed by atoms with Crippen LogP contribution in [0.4, 0.5) is 0 Å². The molecule has 0 aromatic heterocycles. The monoisotopic (exact) mass is 126 g/mol. The Bertz CT molecular complexity index is 80.6. The van der Waals surface area contributed by atoms with Gasteiger partial charge in [-0.15, -0.1) is 0 Å². The van der Waals surface area contributed by atoms with Crippen molar-refractivity contribution in [2.45, 2.75) is 26.7 Å². The lowest BCUT2D eigenvalue weighted by Gasteiger charge is -2.27. The summed E-state index contributed by atoms with van der Waals surface area (Å²) in [7, 11) is 0. The van der Waals surface area contributed by atoms with E-state index in [1.165, 1.54) is 12.8 Å². The van der Waals surface area contributed by atoms with Gasteiger partial charge in [0.25, 0.3) is 0 Å². The van der Waals surface area contributed by atoms with Gasteiger partial charge in [-0.25, -0.2) is 5.32 Å². The van der Waals surface area contributed by atoms with E-state index in [1.54, 1.807) is 0 Å². The zero-order chi connectivity index (χ0) is 6.69. The Morgan fingerprint density at radius 2 is 2.33 bits per heavy atom. The van der Waals surface area contributed by atoms with Gasteiger partial charge >= 0.3 is 0 Å². The second-order valence-corrected chi connectivity index (χ2v) is 3.06. The summed E-state index contributed by atoms with van der Waals surface area (Å²) in [5.74, 6) is 1.81. The van der Waals surface area contributed by atoms with Crippen molar-refractivity contribution in [2.24, 2.45) is 11.8 Å². The van der Waals surface area contributed by atoms with Gasteiger partial charge in [0, 0.05) is 13.1 Å². The smallest absolute Gasteiger partial charge is 0.0164 e. The highest BCUT2D eigenvalue weighted by atomic mass is 14.9. The summed E-state index contributed by atoms with van der Waals surface area (Å²) < 4.78 is 0. The van der Waals surface area contributed by atoms with E-state index in [-0.39, 0.29) is 0 Å². The van der Waals surface area contributed by atoms with Gasteiger partial charge in [-0.1, -0.05) is 20.3 Å². The second-order valence-electron chi connectivity index (χ2n) is 3.06. The van der Waals surface area contributed by atoms with E-state index in [2.05, 4.69) is 19.2 Å². The Hall–Kier alpha value is -0.0400. The molecule has 0 bridgehead atoms. The van der Waals surface area contributed by atoms with Gasteiger partial charge < -0.3 is 0 Å². The van der Waals surface area contributed by atoms with Gasteiger partial charge in [0.05, 0.1) is 0 Å². The molecule has 0 spiro atoms. The van der Waals surface area contributed by atoms with Gasteiger partial charge in [-0.05, 0) is 18.3 Å². The van der Waals surface area contributed by atoms with Crippen molar-refractivity contribution in [1.82, 2.24) is 5.32 Å². The highest BCUT2D eigenvalue weighted by Crippen LogP contribution is 2.21. The molecule has 0 aliphatic carbocycles. The van der Waals surface area contributed by atoms with Gasteiger partial charge in [0.15, 0.2) is 0 Å². The number of piperidine rings is 1. The Labute approximate surface area is 57.8 Å². The van der Waals surface area contributed by atoms with Crippen molar-refractivity contribution in [1.29, 1.82) is 0 Å². The van der Waals surface area contributed by atoms with Crippen LogP contribution in [0.5, 0.6) is 0 Å². The number of nitrogens with zero attached hydrogens (tertiary/aromatic N) is 1. The fraction of sp³-hybridized carbons (Fsp3) is 1.00. The molecule has 2 atom stereocenters. The zero-order valence-corrected chi connectivity index (χ0v) is 6.43. The molecule has 53 valence electrons. The summed E-state index contributed by atoms with van der Waals surface area (Å²) in [4.78, 5) is 0. The first-order valence-corrected chi connectivity index (χ1v) is 3.97. The summed E-state index contributed by atoms with van der Waals surface area (Å²) in [6, 6.07) is 0. The fourth-order valence-corrected chi connectivity index (χ4v) is 1.50. The lowest BCUT2D eigenvalue weighted by Crippen LogP contribution is -2.30. The van der Waals surface area contributed by atoms with Crippen LogP contribution in [0, 0.1) is 11.8 Å². The van der Waals surface area contributed by atoms with Crippen molar-refractivity contribution in [3.8, 4) is 0 Å². The third kappa shape index (κ3) is 1.68. The van der Waals surface area contributed by atoms with E-state index in [0.717, 1.165) is 24.9 Å². The Morgan fingerprint density at radius 1 is 1.56 bits per heavy atom. The number of rotatable bonds is 1. The molecule has 0 aromatic rings. The molecule has 0 amide bonds. The highest BCUT2D eigenvalue weighted by Gasteiger charge is 2.18. The lowest BCUT2D eigenvalue weighted by atomic mass is 9.86. The van der Waals surface area contributed by atoms with E-state index in [0.29, 0.717) is 0 Å². The van der Waals surface area contributed by atoms with E-state index >= 15 is 0 Å². The average molecular weight is 126 g/mol. The van der Waals surface area contributed by atoms with Crippen LogP contribution in [-0.4, -0.2) is 13.1 Å². The minimum atomic E-state index is 0.888. The normalized spacial score (nSPS) is 36.7. The third-order valence-electron chi connectivity index (χ3n) is 2.44. The van der Waals surface area contributed by atoms with Gasteiger partial charge in [-0.2, -0.15) is 0 Å². The predicted molar refractivity (Wildman–Crippen MR) is 39.4 cm³/mol. The minimum absolute atomic E-state index is 0.888. The SMILES string of the molecule is CCC1C[N]CCC1C. The molecular weight excluding hydrogens is 110 g/mol. The Kier molecular flexibility index (Phi) is 2.52. The van der Waals surface area contributed by atoms with Crippen molar-refractivity contribution >= 4 is 0 Å². The predicted octanol–water partition coefficient (Wildman–Crippen LogP) is 1.66. The molecule has 0 saturated carbocycles. The fourth-order valence-electron chi connectivity index (χ4n) is 1.50. The summed E-state index contributed by atoms with van der Waals surface area (Å²) in [5, 5.41) is 4.38. The molecule has 1 saturated heterocycles. The van der Waals surface area contributed by atoms with Crippen molar-refractivity contribution in [3.05, 3.63) is 0 Å². The Morgan fingerprint density at radius 3 is 2.78 bits per heavy atom. The van der Waals surface area contributed by atoms with Crippen LogP contribution in [0.15, 0.2) is 0 Å². The van der Waals surface area contributed by atoms with E-state index in [1.807, 2.05) is 0 Å². The number of hydrogen-bond acceptors (Lipinski definition) is 0. The highest BCUT2D eigenvalue weighted by molar-refractivity contribution is 4.72. The third-order valence-corrected chi connectivity index (χ3v) is 2.44. The first-order valence-electron chi connectivity index (χ1n) is 3.97. The first-order chi connectivity index (χ1) is 4.34. The minimum Gasteiger partial charge on any atom is -0.241 e. The molecule has 1 rings (SSSR count). The molecule has 1 nitrogen and oxygen atoms in total. The van der Waals surface area contributed by atoms with Crippen LogP contribution in [0.25, 0.3) is 0 Å². The second kappa shape index (κ2) is 3.21. The standard InChI is InChI=1S/C8H16N/c1-3-8-6-9-5-4-7(8)2/h7-8H,3-6H2,1-2H3. The van der Waals surface area contributed by atoms with Crippen LogP contribution in [0.3, 0.4) is 0 Å². The molecule has 0 aromatic carbocycles. The van der Waals surface area contributed by atoms with Gasteiger partial charge in [0.2, 0.25) is 0 Å². The maximum Gasteiger partial charge on any atom is 0.0164 e. The van der Waals surface area contributed by atoms with E-state index < -0.39 is 0 Å². The molecule has 1 radical (unpaired) electrons. The van der Waals surface area contributed by atoms with Gasteiger partial charge in [0.1, 0.15) is 0 Å². The maximum atomic E-state index is 4.38. The molecule has 0 N–H and O–H groups in total. The molecule has 1 heterocycles. The summed E-state index contributed by atoms with van der Waals surface area (Å²) >= 11 is 0. The topological polar surface area (TPSA) is 14.1 Å². The van der Waals surface area contributed by atoms with Gasteiger partial charge in [-0.3, -0.25) is 0 Å². The largest absolute Gasteiger partial charge is 0.241 e. The Balaban J connectivity index is 2.30. The molecule has 1 fully saturated rings. The molecule has 1 aliphatic rings. The van der Waals surface area contributed by atoms with Crippen molar-refractivity contribution < 1.29 is 0 Å². The summed E-state index contributed by atoms with van der Waals surface area (Å²) in [6.07, 6.45) is 2.63. The van der Waals surface area contributed by atoms with Crippen molar-refractivity contribution in [3.63, 3.8) is 0 Å². The van der Waals surface area contributed by atoms with Crippen LogP contribution < -0.4 is 5.32 Å². The maximum absolute atomic E-state index is 4.38. The van der Waals surface area contributed by atoms with Crippen molar-refractivity contribution in [2.75, 3.05) is 13.1 Å². The molecule has 9 heavy (non-hydrogen) atoms.